The first-order valence-electron chi connectivity index (χ1n) is 7.14. The number of hydrogen-bond donors (Lipinski definition) is 2. The number of nitrogens with two attached hydrogens (primary N) is 1. The average Bonchev–Trinajstić information content (AvgIpc) is 2.47. The normalized spacial score (nSPS) is 27.1. The molecule has 0 spiro atoms. The zero-order valence-electron chi connectivity index (χ0n) is 12.0. The van der Waals surface area contributed by atoms with Crippen LogP contribution in [-0.2, 0) is 9.59 Å². The zero-order chi connectivity index (χ0) is 15.6. The standard InChI is InChI=1S/C16H20BrNO3/c1-16(15(20)21)9-3-2-4-12(16)14(19)13(18)10-5-7-11(17)8-6-10/h5-8,12-13H,2-4,9,18H2,1H3,(H,20,21). The summed E-state index contributed by atoms with van der Waals surface area (Å²) in [6, 6.07) is 6.50. The largest absolute Gasteiger partial charge is 0.481 e. The number of carboxylic acids is 1. The molecule has 2 rings (SSSR count). The first-order chi connectivity index (χ1) is 9.86. The predicted octanol–water partition coefficient (Wildman–Crippen LogP) is 3.30. The minimum atomic E-state index is -0.998. The van der Waals surface area contributed by atoms with E-state index >= 15 is 0 Å². The quantitative estimate of drug-likeness (QED) is 0.869. The molecule has 4 nitrogen and oxygen atoms in total. The highest BCUT2D eigenvalue weighted by Crippen LogP contribution is 2.43. The topological polar surface area (TPSA) is 80.4 Å². The summed E-state index contributed by atoms with van der Waals surface area (Å²) in [7, 11) is 0. The first kappa shape index (κ1) is 16.2. The minimum Gasteiger partial charge on any atom is -0.481 e. The van der Waals surface area contributed by atoms with Crippen LogP contribution in [0.4, 0.5) is 0 Å². The highest BCUT2D eigenvalue weighted by atomic mass is 79.9. The average molecular weight is 354 g/mol. The van der Waals surface area contributed by atoms with Gasteiger partial charge in [0, 0.05) is 10.4 Å². The molecule has 0 heterocycles. The Hall–Kier alpha value is -1.20. The van der Waals surface area contributed by atoms with Gasteiger partial charge in [-0.15, -0.1) is 0 Å². The third-order valence-corrected chi connectivity index (χ3v) is 5.10. The monoisotopic (exact) mass is 353 g/mol. The van der Waals surface area contributed by atoms with Gasteiger partial charge in [-0.05, 0) is 37.5 Å². The van der Waals surface area contributed by atoms with Crippen molar-refractivity contribution in [2.24, 2.45) is 17.1 Å². The lowest BCUT2D eigenvalue weighted by Gasteiger charge is -2.38. The lowest BCUT2D eigenvalue weighted by molar-refractivity contribution is -0.157. The van der Waals surface area contributed by atoms with Crippen LogP contribution in [-0.4, -0.2) is 16.9 Å². The number of benzene rings is 1. The molecular formula is C16H20BrNO3. The second-order valence-corrected chi connectivity index (χ2v) is 6.87. The highest BCUT2D eigenvalue weighted by molar-refractivity contribution is 9.10. The van der Waals surface area contributed by atoms with Crippen LogP contribution in [0.3, 0.4) is 0 Å². The number of aliphatic carboxylic acids is 1. The molecule has 1 aliphatic rings. The van der Waals surface area contributed by atoms with Crippen LogP contribution in [0.25, 0.3) is 0 Å². The van der Waals surface area contributed by atoms with Crippen molar-refractivity contribution in [1.82, 2.24) is 0 Å². The smallest absolute Gasteiger partial charge is 0.310 e. The van der Waals surface area contributed by atoms with Gasteiger partial charge in [-0.2, -0.15) is 0 Å². The third kappa shape index (κ3) is 3.19. The number of halogens is 1. The van der Waals surface area contributed by atoms with E-state index in [1.807, 2.05) is 12.1 Å². The van der Waals surface area contributed by atoms with Gasteiger partial charge in [0.05, 0.1) is 11.5 Å². The molecule has 21 heavy (non-hydrogen) atoms. The Morgan fingerprint density at radius 1 is 1.33 bits per heavy atom. The summed E-state index contributed by atoms with van der Waals surface area (Å²) < 4.78 is 0.916. The van der Waals surface area contributed by atoms with Crippen molar-refractivity contribution in [3.8, 4) is 0 Å². The Bertz CT molecular complexity index is 543. The maximum Gasteiger partial charge on any atom is 0.310 e. The number of Topliss-reactive ketones (excluding diaryl/α,β-unsaturated/α-hetero) is 1. The lowest BCUT2D eigenvalue weighted by Crippen LogP contribution is -2.45. The van der Waals surface area contributed by atoms with Crippen molar-refractivity contribution >= 4 is 27.7 Å². The summed E-state index contributed by atoms with van der Waals surface area (Å²) in [5.41, 5.74) is 5.81. The summed E-state index contributed by atoms with van der Waals surface area (Å²) in [6.07, 6.45) is 2.87. The molecule has 1 fully saturated rings. The fraction of sp³-hybridized carbons (Fsp3) is 0.500. The summed E-state index contributed by atoms with van der Waals surface area (Å²) in [5, 5.41) is 9.51. The predicted molar refractivity (Wildman–Crippen MR) is 83.8 cm³/mol. The van der Waals surface area contributed by atoms with Crippen LogP contribution in [0, 0.1) is 11.3 Å². The van der Waals surface area contributed by atoms with Gasteiger partial charge in [0.25, 0.3) is 0 Å². The van der Waals surface area contributed by atoms with Gasteiger partial charge < -0.3 is 10.8 Å². The van der Waals surface area contributed by atoms with Crippen LogP contribution < -0.4 is 5.73 Å². The molecule has 5 heteroatoms. The van der Waals surface area contributed by atoms with Crippen LogP contribution in [0.2, 0.25) is 0 Å². The number of carbonyl (C=O) groups excluding carboxylic acids is 1. The molecule has 0 bridgehead atoms. The molecule has 0 radical (unpaired) electrons. The van der Waals surface area contributed by atoms with E-state index < -0.39 is 23.3 Å². The fourth-order valence-corrected chi connectivity index (χ4v) is 3.36. The molecule has 1 saturated carbocycles. The van der Waals surface area contributed by atoms with E-state index in [4.69, 9.17) is 5.73 Å². The molecule has 0 saturated heterocycles. The molecule has 3 atom stereocenters. The van der Waals surface area contributed by atoms with Crippen molar-refractivity contribution in [3.63, 3.8) is 0 Å². The molecule has 0 aromatic heterocycles. The van der Waals surface area contributed by atoms with E-state index in [1.165, 1.54) is 0 Å². The number of hydrogen-bond acceptors (Lipinski definition) is 3. The SMILES string of the molecule is CC1(C(=O)O)CCCCC1C(=O)C(N)c1ccc(Br)cc1. The molecule has 1 aliphatic carbocycles. The third-order valence-electron chi connectivity index (χ3n) is 4.58. The Kier molecular flexibility index (Phi) is 4.84. The van der Waals surface area contributed by atoms with Gasteiger partial charge in [-0.3, -0.25) is 9.59 Å². The van der Waals surface area contributed by atoms with E-state index in [-0.39, 0.29) is 5.78 Å². The van der Waals surface area contributed by atoms with Crippen LogP contribution in [0.5, 0.6) is 0 Å². The van der Waals surface area contributed by atoms with E-state index in [0.29, 0.717) is 12.8 Å². The lowest BCUT2D eigenvalue weighted by atomic mass is 9.64. The Balaban J connectivity index is 2.24. The van der Waals surface area contributed by atoms with Gasteiger partial charge in [-0.25, -0.2) is 0 Å². The summed E-state index contributed by atoms with van der Waals surface area (Å²) in [4.78, 5) is 24.3. The van der Waals surface area contributed by atoms with Gasteiger partial charge in [0.15, 0.2) is 5.78 Å². The molecule has 114 valence electrons. The number of rotatable bonds is 4. The number of carboxylic acid groups (broad SMARTS) is 1. The summed E-state index contributed by atoms with van der Waals surface area (Å²) in [6.45, 7) is 1.67. The maximum atomic E-state index is 12.7. The maximum absolute atomic E-state index is 12.7. The van der Waals surface area contributed by atoms with Gasteiger partial charge in [-0.1, -0.05) is 40.9 Å². The molecule has 0 amide bonds. The second-order valence-electron chi connectivity index (χ2n) is 5.95. The molecular weight excluding hydrogens is 334 g/mol. The fourth-order valence-electron chi connectivity index (χ4n) is 3.10. The van der Waals surface area contributed by atoms with Crippen LogP contribution in [0.1, 0.15) is 44.2 Å². The van der Waals surface area contributed by atoms with Crippen molar-refractivity contribution in [1.29, 1.82) is 0 Å². The Morgan fingerprint density at radius 3 is 2.52 bits per heavy atom. The number of ketones is 1. The molecule has 3 unspecified atom stereocenters. The minimum absolute atomic E-state index is 0.165. The summed E-state index contributed by atoms with van der Waals surface area (Å²) in [5.74, 6) is -1.58. The van der Waals surface area contributed by atoms with Gasteiger partial charge in [0.1, 0.15) is 0 Å². The highest BCUT2D eigenvalue weighted by Gasteiger charge is 2.47. The van der Waals surface area contributed by atoms with Crippen molar-refractivity contribution in [2.45, 2.75) is 38.6 Å². The van der Waals surface area contributed by atoms with Gasteiger partial charge >= 0.3 is 5.97 Å². The summed E-state index contributed by atoms with van der Waals surface area (Å²) >= 11 is 3.34. The zero-order valence-corrected chi connectivity index (χ0v) is 13.6. The van der Waals surface area contributed by atoms with E-state index in [0.717, 1.165) is 22.9 Å². The first-order valence-corrected chi connectivity index (χ1v) is 7.94. The molecule has 3 N–H and O–H groups in total. The van der Waals surface area contributed by atoms with E-state index in [1.54, 1.807) is 19.1 Å². The Morgan fingerprint density at radius 2 is 1.95 bits per heavy atom. The Labute approximate surface area is 132 Å². The molecule has 1 aromatic carbocycles. The molecule has 0 aliphatic heterocycles. The van der Waals surface area contributed by atoms with E-state index in [2.05, 4.69) is 15.9 Å². The number of carbonyl (C=O) groups is 2. The van der Waals surface area contributed by atoms with Crippen LogP contribution in [0.15, 0.2) is 28.7 Å². The van der Waals surface area contributed by atoms with Crippen molar-refractivity contribution in [2.75, 3.05) is 0 Å². The van der Waals surface area contributed by atoms with E-state index in [9.17, 15) is 14.7 Å². The second kappa shape index (κ2) is 6.28. The van der Waals surface area contributed by atoms with Crippen molar-refractivity contribution < 1.29 is 14.7 Å². The molecule has 1 aromatic rings. The van der Waals surface area contributed by atoms with Crippen molar-refractivity contribution in [3.05, 3.63) is 34.3 Å². The van der Waals surface area contributed by atoms with Crippen LogP contribution >= 0.6 is 15.9 Å². The van der Waals surface area contributed by atoms with Gasteiger partial charge in [0.2, 0.25) is 0 Å².